The molecule has 0 aromatic carbocycles. The van der Waals surface area contributed by atoms with Gasteiger partial charge in [-0.1, -0.05) is 0 Å². The van der Waals surface area contributed by atoms with E-state index in [4.69, 9.17) is 4.74 Å². The van der Waals surface area contributed by atoms with E-state index in [1.165, 1.54) is 25.9 Å². The summed E-state index contributed by atoms with van der Waals surface area (Å²) >= 11 is 0. The van der Waals surface area contributed by atoms with Gasteiger partial charge in [0, 0.05) is 39.5 Å². The molecule has 1 saturated heterocycles. The van der Waals surface area contributed by atoms with Gasteiger partial charge in [0.25, 0.3) is 0 Å². The smallest absolute Gasteiger partial charge is 0.203 e. The molecule has 0 amide bonds. The van der Waals surface area contributed by atoms with Crippen LogP contribution in [-0.4, -0.2) is 54.8 Å². The number of hydrogen-bond donors (Lipinski definition) is 1. The van der Waals surface area contributed by atoms with Crippen molar-refractivity contribution in [1.29, 1.82) is 0 Å². The lowest BCUT2D eigenvalue weighted by molar-refractivity contribution is 0.194. The molecular weight excluding hydrogens is 252 g/mol. The molecular formula is C15H28N4O. The predicted octanol–water partition coefficient (Wildman–Crippen LogP) is 1.98. The Hall–Kier alpha value is -1.07. The fourth-order valence-electron chi connectivity index (χ4n) is 2.94. The molecule has 5 heteroatoms. The zero-order valence-electron chi connectivity index (χ0n) is 13.1. The highest BCUT2D eigenvalue weighted by Gasteiger charge is 2.18. The molecule has 2 rings (SSSR count). The van der Waals surface area contributed by atoms with Crippen LogP contribution in [0.5, 0.6) is 0 Å². The highest BCUT2D eigenvalue weighted by atomic mass is 16.5. The summed E-state index contributed by atoms with van der Waals surface area (Å²) in [6, 6.07) is 0. The zero-order chi connectivity index (χ0) is 14.4. The van der Waals surface area contributed by atoms with Crippen molar-refractivity contribution < 1.29 is 4.74 Å². The van der Waals surface area contributed by atoms with Crippen molar-refractivity contribution in [1.82, 2.24) is 14.5 Å². The topological polar surface area (TPSA) is 42.3 Å². The zero-order valence-corrected chi connectivity index (χ0v) is 13.1. The second kappa shape index (κ2) is 7.64. The molecule has 1 aliphatic heterocycles. The van der Waals surface area contributed by atoms with E-state index >= 15 is 0 Å². The number of imidazole rings is 1. The number of hydrogen-bond acceptors (Lipinski definition) is 4. The van der Waals surface area contributed by atoms with Gasteiger partial charge >= 0.3 is 0 Å². The SMILES string of the molecule is COCCCNc1nc(C)cn1CC1CCCN(C)C1. The number of anilines is 1. The van der Waals surface area contributed by atoms with Gasteiger partial charge in [-0.3, -0.25) is 0 Å². The van der Waals surface area contributed by atoms with Crippen LogP contribution in [0.1, 0.15) is 25.0 Å². The molecule has 1 fully saturated rings. The van der Waals surface area contributed by atoms with Crippen LogP contribution in [0.25, 0.3) is 0 Å². The summed E-state index contributed by atoms with van der Waals surface area (Å²) in [5, 5.41) is 3.43. The molecule has 1 aromatic rings. The molecule has 0 spiro atoms. The van der Waals surface area contributed by atoms with Gasteiger partial charge < -0.3 is 19.5 Å². The first-order valence-electron chi connectivity index (χ1n) is 7.64. The molecule has 114 valence electrons. The third kappa shape index (κ3) is 4.49. The van der Waals surface area contributed by atoms with Gasteiger partial charge in [-0.25, -0.2) is 4.98 Å². The van der Waals surface area contributed by atoms with Crippen LogP contribution in [0.3, 0.4) is 0 Å². The third-order valence-corrected chi connectivity index (χ3v) is 3.88. The van der Waals surface area contributed by atoms with Crippen LogP contribution in [0.4, 0.5) is 5.95 Å². The molecule has 1 N–H and O–H groups in total. The van der Waals surface area contributed by atoms with E-state index in [1.54, 1.807) is 7.11 Å². The maximum Gasteiger partial charge on any atom is 0.203 e. The standard InChI is InChI=1S/C15H28N4O/c1-13-10-19(12-14-6-4-8-18(2)11-14)15(17-13)16-7-5-9-20-3/h10,14H,4-9,11-12H2,1-3H3,(H,16,17). The number of aromatic nitrogens is 2. The summed E-state index contributed by atoms with van der Waals surface area (Å²) in [6.07, 6.45) is 5.80. The Balaban J connectivity index is 1.89. The largest absolute Gasteiger partial charge is 0.385 e. The van der Waals surface area contributed by atoms with Gasteiger partial charge in [0.05, 0.1) is 5.69 Å². The van der Waals surface area contributed by atoms with Crippen LogP contribution in [0.2, 0.25) is 0 Å². The van der Waals surface area contributed by atoms with Crippen molar-refractivity contribution in [2.24, 2.45) is 5.92 Å². The van der Waals surface area contributed by atoms with E-state index in [2.05, 4.69) is 39.9 Å². The van der Waals surface area contributed by atoms with Crippen molar-refractivity contribution in [2.45, 2.75) is 32.7 Å². The average Bonchev–Trinajstić information content (AvgIpc) is 2.75. The molecule has 1 unspecified atom stereocenters. The Labute approximate surface area is 122 Å². The summed E-state index contributed by atoms with van der Waals surface area (Å²) < 4.78 is 7.36. The molecule has 20 heavy (non-hydrogen) atoms. The van der Waals surface area contributed by atoms with E-state index in [9.17, 15) is 0 Å². The minimum atomic E-state index is 0.738. The number of nitrogens with zero attached hydrogens (tertiary/aromatic N) is 3. The lowest BCUT2D eigenvalue weighted by Crippen LogP contribution is -2.34. The summed E-state index contributed by atoms with van der Waals surface area (Å²) in [5.41, 5.74) is 1.09. The first kappa shape index (κ1) is 15.3. The predicted molar refractivity (Wildman–Crippen MR) is 82.2 cm³/mol. The lowest BCUT2D eigenvalue weighted by Gasteiger charge is -2.30. The van der Waals surface area contributed by atoms with Crippen LogP contribution in [0.15, 0.2) is 6.20 Å². The highest BCUT2D eigenvalue weighted by Crippen LogP contribution is 2.19. The van der Waals surface area contributed by atoms with E-state index < -0.39 is 0 Å². The van der Waals surface area contributed by atoms with Crippen molar-refractivity contribution >= 4 is 5.95 Å². The van der Waals surface area contributed by atoms with Crippen LogP contribution in [-0.2, 0) is 11.3 Å². The average molecular weight is 280 g/mol. The maximum atomic E-state index is 5.08. The van der Waals surface area contributed by atoms with Gasteiger partial charge in [0.15, 0.2) is 0 Å². The van der Waals surface area contributed by atoms with Crippen molar-refractivity contribution in [3.63, 3.8) is 0 Å². The second-order valence-corrected chi connectivity index (χ2v) is 5.90. The Kier molecular flexibility index (Phi) is 5.86. The van der Waals surface area contributed by atoms with Gasteiger partial charge in [0.2, 0.25) is 5.95 Å². The third-order valence-electron chi connectivity index (χ3n) is 3.88. The molecule has 1 aromatic heterocycles. The van der Waals surface area contributed by atoms with Crippen molar-refractivity contribution in [2.75, 3.05) is 45.7 Å². The molecule has 0 radical (unpaired) electrons. The van der Waals surface area contributed by atoms with E-state index in [0.29, 0.717) is 0 Å². The van der Waals surface area contributed by atoms with Crippen LogP contribution < -0.4 is 5.32 Å². The Morgan fingerprint density at radius 1 is 1.50 bits per heavy atom. The fourth-order valence-corrected chi connectivity index (χ4v) is 2.94. The normalized spacial score (nSPS) is 20.2. The first-order chi connectivity index (χ1) is 9.69. The number of piperidine rings is 1. The first-order valence-corrected chi connectivity index (χ1v) is 7.64. The fraction of sp³-hybridized carbons (Fsp3) is 0.800. The molecule has 1 atom stereocenters. The number of aryl methyl sites for hydroxylation is 1. The maximum absolute atomic E-state index is 5.08. The van der Waals surface area contributed by atoms with Crippen LogP contribution in [0, 0.1) is 12.8 Å². The second-order valence-electron chi connectivity index (χ2n) is 5.90. The van der Waals surface area contributed by atoms with Gasteiger partial charge in [-0.05, 0) is 45.7 Å². The summed E-state index contributed by atoms with van der Waals surface area (Å²) in [7, 11) is 3.96. The van der Waals surface area contributed by atoms with Gasteiger partial charge in [-0.2, -0.15) is 0 Å². The molecule has 2 heterocycles. The van der Waals surface area contributed by atoms with E-state index in [0.717, 1.165) is 43.7 Å². The Morgan fingerprint density at radius 3 is 3.10 bits per heavy atom. The molecule has 1 aliphatic rings. The quantitative estimate of drug-likeness (QED) is 0.776. The lowest BCUT2D eigenvalue weighted by atomic mass is 9.98. The van der Waals surface area contributed by atoms with Gasteiger partial charge in [-0.15, -0.1) is 0 Å². The number of methoxy groups -OCH3 is 1. The minimum absolute atomic E-state index is 0.738. The van der Waals surface area contributed by atoms with E-state index in [-0.39, 0.29) is 0 Å². The minimum Gasteiger partial charge on any atom is -0.385 e. The Bertz CT molecular complexity index is 405. The van der Waals surface area contributed by atoms with Crippen LogP contribution >= 0.6 is 0 Å². The molecule has 0 bridgehead atoms. The number of likely N-dealkylation sites (tertiary alicyclic amines) is 1. The molecule has 0 saturated carbocycles. The number of rotatable bonds is 7. The van der Waals surface area contributed by atoms with Crippen molar-refractivity contribution in [3.05, 3.63) is 11.9 Å². The summed E-state index contributed by atoms with van der Waals surface area (Å²) in [4.78, 5) is 7.02. The molecule has 0 aliphatic carbocycles. The van der Waals surface area contributed by atoms with E-state index in [1.807, 2.05) is 0 Å². The highest BCUT2D eigenvalue weighted by molar-refractivity contribution is 5.28. The molecule has 5 nitrogen and oxygen atoms in total. The number of ether oxygens (including phenoxy) is 1. The summed E-state index contributed by atoms with van der Waals surface area (Å²) in [6.45, 7) is 7.26. The summed E-state index contributed by atoms with van der Waals surface area (Å²) in [5.74, 6) is 1.74. The monoisotopic (exact) mass is 280 g/mol. The number of nitrogens with one attached hydrogen (secondary N) is 1. The Morgan fingerprint density at radius 2 is 2.35 bits per heavy atom. The van der Waals surface area contributed by atoms with Gasteiger partial charge in [0.1, 0.15) is 0 Å². The van der Waals surface area contributed by atoms with Crippen molar-refractivity contribution in [3.8, 4) is 0 Å².